The van der Waals surface area contributed by atoms with Crippen LogP contribution in [-0.4, -0.2) is 47.1 Å². The number of carbonyl (C=O) groups is 3. The predicted molar refractivity (Wildman–Crippen MR) is 99.4 cm³/mol. The summed E-state index contributed by atoms with van der Waals surface area (Å²) < 4.78 is 0. The first-order valence-electron chi connectivity index (χ1n) is 8.04. The number of nitrogens with zero attached hydrogens (tertiary/aromatic N) is 2. The van der Waals surface area contributed by atoms with Gasteiger partial charge in [-0.15, -0.1) is 11.8 Å². The number of carboxylic acid groups (broad SMARTS) is 1. The molecule has 1 aliphatic rings. The van der Waals surface area contributed by atoms with Gasteiger partial charge in [-0.3, -0.25) is 9.59 Å². The van der Waals surface area contributed by atoms with Crippen molar-refractivity contribution >= 4 is 35.2 Å². The number of likely N-dealkylation sites (N-methyl/N-ethyl adjacent to an activating group) is 1. The Morgan fingerprint density at radius 2 is 1.85 bits per heavy atom. The molecule has 1 aliphatic heterocycles. The zero-order valence-electron chi connectivity index (χ0n) is 14.2. The third-order valence-corrected chi connectivity index (χ3v) is 5.20. The van der Waals surface area contributed by atoms with Crippen LogP contribution in [0.5, 0.6) is 0 Å². The molecule has 3 rings (SSSR count). The van der Waals surface area contributed by atoms with Crippen LogP contribution in [0, 0.1) is 0 Å². The van der Waals surface area contributed by atoms with E-state index in [0.29, 0.717) is 12.3 Å². The Morgan fingerprint density at radius 3 is 2.54 bits per heavy atom. The Kier molecular flexibility index (Phi) is 5.27. The van der Waals surface area contributed by atoms with E-state index in [-0.39, 0.29) is 23.9 Å². The van der Waals surface area contributed by atoms with Gasteiger partial charge in [-0.25, -0.2) is 4.79 Å². The normalized spacial score (nSPS) is 13.3. The number of anilines is 1. The van der Waals surface area contributed by atoms with Crippen molar-refractivity contribution in [3.63, 3.8) is 0 Å². The average molecular weight is 370 g/mol. The lowest BCUT2D eigenvalue weighted by molar-refractivity contribution is -0.130. The number of fused-ring (bicyclic) bond motifs is 1. The van der Waals surface area contributed by atoms with Crippen molar-refractivity contribution in [2.45, 2.75) is 11.4 Å². The number of hydrogen-bond acceptors (Lipinski definition) is 4. The summed E-state index contributed by atoms with van der Waals surface area (Å²) in [6, 6.07) is 13.9. The van der Waals surface area contributed by atoms with Gasteiger partial charge in [-0.1, -0.05) is 24.3 Å². The van der Waals surface area contributed by atoms with E-state index in [1.165, 1.54) is 33.7 Å². The molecule has 0 saturated carbocycles. The monoisotopic (exact) mass is 370 g/mol. The number of amides is 2. The van der Waals surface area contributed by atoms with Crippen LogP contribution in [0.1, 0.15) is 15.9 Å². The van der Waals surface area contributed by atoms with E-state index in [2.05, 4.69) is 0 Å². The molecular formula is C19H18N2O4S. The highest BCUT2D eigenvalue weighted by Gasteiger charge is 2.27. The molecule has 1 N–H and O–H groups in total. The molecule has 0 saturated heterocycles. The second-order valence-corrected chi connectivity index (χ2v) is 7.01. The molecule has 2 amide bonds. The number of benzene rings is 2. The zero-order chi connectivity index (χ0) is 18.7. The van der Waals surface area contributed by atoms with Crippen LogP contribution in [0.15, 0.2) is 53.4 Å². The minimum Gasteiger partial charge on any atom is -0.478 e. The fraction of sp³-hybridized carbons (Fsp3) is 0.211. The molecule has 2 aromatic carbocycles. The van der Waals surface area contributed by atoms with E-state index in [9.17, 15) is 14.4 Å². The Labute approximate surface area is 155 Å². The Morgan fingerprint density at radius 1 is 1.15 bits per heavy atom. The van der Waals surface area contributed by atoms with E-state index in [0.717, 1.165) is 16.1 Å². The Bertz CT molecular complexity index is 851. The average Bonchev–Trinajstić information content (AvgIpc) is 2.64. The summed E-state index contributed by atoms with van der Waals surface area (Å²) in [6.45, 7) is 0.331. The molecule has 6 nitrogen and oxygen atoms in total. The molecule has 0 bridgehead atoms. The SMILES string of the molecule is CN(Cc1ccc(C(=O)O)cc1)C(=O)CN1C(=O)CSc2ccccc21. The minimum atomic E-state index is -0.985. The molecule has 0 unspecified atom stereocenters. The largest absolute Gasteiger partial charge is 0.478 e. The smallest absolute Gasteiger partial charge is 0.335 e. The molecule has 7 heteroatoms. The fourth-order valence-electron chi connectivity index (χ4n) is 2.70. The lowest BCUT2D eigenvalue weighted by atomic mass is 10.1. The highest BCUT2D eigenvalue weighted by atomic mass is 32.2. The lowest BCUT2D eigenvalue weighted by Gasteiger charge is -2.30. The van der Waals surface area contributed by atoms with Gasteiger partial charge in [0, 0.05) is 18.5 Å². The first kappa shape index (κ1) is 18.0. The standard InChI is InChI=1S/C19H18N2O4S/c1-20(10-13-6-8-14(9-7-13)19(24)25)17(22)11-21-15-4-2-3-5-16(15)26-12-18(21)23/h2-9H,10-12H2,1H3,(H,24,25). The van der Waals surface area contributed by atoms with Crippen LogP contribution >= 0.6 is 11.8 Å². The molecule has 0 aliphatic carbocycles. The summed E-state index contributed by atoms with van der Waals surface area (Å²) >= 11 is 1.48. The summed E-state index contributed by atoms with van der Waals surface area (Å²) in [5.74, 6) is -0.922. The van der Waals surface area contributed by atoms with Gasteiger partial charge in [0.05, 0.1) is 17.0 Å². The maximum atomic E-state index is 12.6. The molecule has 0 aromatic heterocycles. The van der Waals surface area contributed by atoms with Gasteiger partial charge in [-0.2, -0.15) is 0 Å². The fourth-order valence-corrected chi connectivity index (χ4v) is 3.63. The highest BCUT2D eigenvalue weighted by molar-refractivity contribution is 8.00. The van der Waals surface area contributed by atoms with Gasteiger partial charge in [0.25, 0.3) is 0 Å². The third-order valence-electron chi connectivity index (χ3n) is 4.15. The second-order valence-electron chi connectivity index (χ2n) is 5.99. The quantitative estimate of drug-likeness (QED) is 0.875. The van der Waals surface area contributed by atoms with Crippen LogP contribution in [0.2, 0.25) is 0 Å². The van der Waals surface area contributed by atoms with E-state index in [1.54, 1.807) is 19.2 Å². The summed E-state index contributed by atoms with van der Waals surface area (Å²) in [5.41, 5.74) is 1.80. The molecule has 2 aromatic rings. The van der Waals surface area contributed by atoms with Crippen LogP contribution in [0.4, 0.5) is 5.69 Å². The number of rotatable bonds is 5. The summed E-state index contributed by atoms with van der Waals surface area (Å²) in [6.07, 6.45) is 0. The zero-order valence-corrected chi connectivity index (χ0v) is 15.0. The molecule has 0 radical (unpaired) electrons. The van der Waals surface area contributed by atoms with Gasteiger partial charge < -0.3 is 14.9 Å². The minimum absolute atomic E-state index is 0.0138. The van der Waals surface area contributed by atoms with Gasteiger partial charge in [0.1, 0.15) is 6.54 Å². The topological polar surface area (TPSA) is 77.9 Å². The summed E-state index contributed by atoms with van der Waals surface area (Å²) in [7, 11) is 1.67. The molecule has 1 heterocycles. The number of carboxylic acids is 1. The van der Waals surface area contributed by atoms with Crippen molar-refractivity contribution in [1.29, 1.82) is 0 Å². The number of thioether (sulfide) groups is 1. The number of hydrogen-bond donors (Lipinski definition) is 1. The van der Waals surface area contributed by atoms with Crippen LogP contribution in [0.3, 0.4) is 0 Å². The predicted octanol–water partition coefficient (Wildman–Crippen LogP) is 2.48. The molecular weight excluding hydrogens is 352 g/mol. The lowest BCUT2D eigenvalue weighted by Crippen LogP contribution is -2.43. The maximum absolute atomic E-state index is 12.6. The number of para-hydroxylation sites is 1. The summed E-state index contributed by atoms with van der Waals surface area (Å²) in [5, 5.41) is 8.93. The molecule has 0 spiro atoms. The molecule has 134 valence electrons. The van der Waals surface area contributed by atoms with E-state index >= 15 is 0 Å². The van der Waals surface area contributed by atoms with Crippen molar-refractivity contribution < 1.29 is 19.5 Å². The van der Waals surface area contributed by atoms with Crippen molar-refractivity contribution in [2.75, 3.05) is 24.2 Å². The first-order valence-corrected chi connectivity index (χ1v) is 9.02. The van der Waals surface area contributed by atoms with Crippen LogP contribution in [0.25, 0.3) is 0 Å². The maximum Gasteiger partial charge on any atom is 0.335 e. The van der Waals surface area contributed by atoms with Crippen LogP contribution < -0.4 is 4.90 Å². The third kappa shape index (κ3) is 3.88. The van der Waals surface area contributed by atoms with Crippen LogP contribution in [-0.2, 0) is 16.1 Å². The van der Waals surface area contributed by atoms with E-state index < -0.39 is 5.97 Å². The van der Waals surface area contributed by atoms with Crippen molar-refractivity contribution in [3.05, 3.63) is 59.7 Å². The van der Waals surface area contributed by atoms with Gasteiger partial charge in [0.15, 0.2) is 0 Å². The number of aromatic carboxylic acids is 1. The van der Waals surface area contributed by atoms with Gasteiger partial charge in [-0.05, 0) is 29.8 Å². The Hall–Kier alpha value is -2.80. The summed E-state index contributed by atoms with van der Waals surface area (Å²) in [4.78, 5) is 39.8. The molecule has 0 fully saturated rings. The van der Waals surface area contributed by atoms with Crippen molar-refractivity contribution in [1.82, 2.24) is 4.90 Å². The second kappa shape index (κ2) is 7.61. The first-order chi connectivity index (χ1) is 12.5. The molecule has 0 atom stereocenters. The van der Waals surface area contributed by atoms with Crippen molar-refractivity contribution in [2.24, 2.45) is 0 Å². The Balaban J connectivity index is 1.67. The van der Waals surface area contributed by atoms with Gasteiger partial charge in [0.2, 0.25) is 11.8 Å². The van der Waals surface area contributed by atoms with Crippen molar-refractivity contribution in [3.8, 4) is 0 Å². The van der Waals surface area contributed by atoms with E-state index in [4.69, 9.17) is 5.11 Å². The number of carbonyl (C=O) groups excluding carboxylic acids is 2. The van der Waals surface area contributed by atoms with E-state index in [1.807, 2.05) is 24.3 Å². The highest BCUT2D eigenvalue weighted by Crippen LogP contribution is 2.34. The van der Waals surface area contributed by atoms with Gasteiger partial charge >= 0.3 is 5.97 Å². The molecule has 26 heavy (non-hydrogen) atoms.